The summed E-state index contributed by atoms with van der Waals surface area (Å²) in [5.41, 5.74) is 0. The van der Waals surface area contributed by atoms with Crippen LogP contribution in [-0.2, 0) is 0 Å². The molecular formula is C6H12KN2+. The van der Waals surface area contributed by atoms with Gasteiger partial charge in [-0.15, -0.1) is 0 Å². The minimum absolute atomic E-state index is 0. The summed E-state index contributed by atoms with van der Waals surface area (Å²) in [7, 11) is 0. The fourth-order valence-electron chi connectivity index (χ4n) is 0.385. The monoisotopic (exact) mass is 151 g/mol. The summed E-state index contributed by atoms with van der Waals surface area (Å²) >= 11 is 0. The summed E-state index contributed by atoms with van der Waals surface area (Å²) in [6, 6.07) is 12.0. The first-order valence-electron chi connectivity index (χ1n) is 2.00. The van der Waals surface area contributed by atoms with Crippen LogP contribution in [0.1, 0.15) is 0 Å². The molecule has 0 unspecified atom stereocenters. The fourth-order valence-corrected chi connectivity index (χ4v) is 0.385. The topological polar surface area (TPSA) is 70.0 Å². The van der Waals surface area contributed by atoms with Gasteiger partial charge in [-0.2, -0.15) is 0 Å². The molecule has 0 spiro atoms. The Hall–Kier alpha value is 0.776. The molecule has 3 heteroatoms. The molecule has 2 nitrogen and oxygen atoms in total. The summed E-state index contributed by atoms with van der Waals surface area (Å²) in [4.78, 5) is 0. The van der Waals surface area contributed by atoms with E-state index in [1.54, 1.807) is 0 Å². The molecule has 6 N–H and O–H groups in total. The van der Waals surface area contributed by atoms with Crippen LogP contribution in [0.25, 0.3) is 0 Å². The molecule has 0 saturated carbocycles. The predicted octanol–water partition coefficient (Wildman–Crippen LogP) is -0.985. The third-order valence-corrected chi connectivity index (χ3v) is 0.667. The van der Waals surface area contributed by atoms with E-state index in [4.69, 9.17) is 0 Å². The maximum absolute atomic E-state index is 2.00. The summed E-state index contributed by atoms with van der Waals surface area (Å²) in [6.07, 6.45) is 0. The van der Waals surface area contributed by atoms with Gasteiger partial charge in [-0.3, -0.25) is 0 Å². The number of hydrogen-bond acceptors (Lipinski definition) is 2. The molecule has 0 aliphatic carbocycles. The van der Waals surface area contributed by atoms with E-state index in [1.807, 2.05) is 36.4 Å². The second kappa shape index (κ2) is 11.6. The molecule has 0 heterocycles. The van der Waals surface area contributed by atoms with E-state index in [0.29, 0.717) is 0 Å². The molecule has 0 aromatic heterocycles. The third kappa shape index (κ3) is 8.78. The van der Waals surface area contributed by atoms with Crippen LogP contribution in [0, 0.1) is 0 Å². The zero-order valence-corrected chi connectivity index (χ0v) is 9.00. The van der Waals surface area contributed by atoms with Crippen LogP contribution in [0.5, 0.6) is 0 Å². The molecule has 0 bridgehead atoms. The number of hydrogen-bond donors (Lipinski definition) is 2. The number of benzene rings is 1. The first-order chi connectivity index (χ1) is 3.00. The van der Waals surface area contributed by atoms with E-state index < -0.39 is 0 Å². The van der Waals surface area contributed by atoms with Gasteiger partial charge >= 0.3 is 51.4 Å². The van der Waals surface area contributed by atoms with Crippen molar-refractivity contribution < 1.29 is 51.4 Å². The molecule has 0 atom stereocenters. The molecule has 0 fully saturated rings. The van der Waals surface area contributed by atoms with Crippen LogP contribution in [-0.4, -0.2) is 0 Å². The Morgan fingerprint density at radius 1 is 0.444 bits per heavy atom. The standard InChI is InChI=1S/C6H6.K.2H3N/c1-2-4-6-5-3-1;;;/h1-6H;;2*1H3/q;+1;;. The van der Waals surface area contributed by atoms with E-state index in [9.17, 15) is 0 Å². The number of rotatable bonds is 0. The molecule has 0 aliphatic heterocycles. The van der Waals surface area contributed by atoms with Gasteiger partial charge in [0.05, 0.1) is 0 Å². The Balaban J connectivity index is -0.000000120. The minimum atomic E-state index is 0. The summed E-state index contributed by atoms with van der Waals surface area (Å²) in [5, 5.41) is 0. The first-order valence-corrected chi connectivity index (χ1v) is 2.00. The smallest absolute Gasteiger partial charge is 0.344 e. The molecule has 0 amide bonds. The molecule has 9 heavy (non-hydrogen) atoms. The van der Waals surface area contributed by atoms with Crippen molar-refractivity contribution in [1.82, 2.24) is 12.3 Å². The van der Waals surface area contributed by atoms with E-state index in [2.05, 4.69) is 0 Å². The van der Waals surface area contributed by atoms with Crippen molar-refractivity contribution in [3.63, 3.8) is 0 Å². The van der Waals surface area contributed by atoms with E-state index >= 15 is 0 Å². The molecular weight excluding hydrogens is 139 g/mol. The van der Waals surface area contributed by atoms with Crippen molar-refractivity contribution in [3.05, 3.63) is 36.4 Å². The van der Waals surface area contributed by atoms with Gasteiger partial charge in [0.1, 0.15) is 0 Å². The largest absolute Gasteiger partial charge is 1.00 e. The van der Waals surface area contributed by atoms with Crippen molar-refractivity contribution in [1.29, 1.82) is 0 Å². The van der Waals surface area contributed by atoms with Crippen LogP contribution >= 0.6 is 0 Å². The Morgan fingerprint density at radius 3 is 0.667 bits per heavy atom. The van der Waals surface area contributed by atoms with Crippen LogP contribution in [0.4, 0.5) is 0 Å². The normalized spacial score (nSPS) is 5.33. The maximum atomic E-state index is 2.00. The van der Waals surface area contributed by atoms with E-state index in [1.165, 1.54) is 0 Å². The van der Waals surface area contributed by atoms with Gasteiger partial charge in [-0.05, 0) is 0 Å². The van der Waals surface area contributed by atoms with Crippen LogP contribution < -0.4 is 63.7 Å². The van der Waals surface area contributed by atoms with Crippen molar-refractivity contribution in [2.45, 2.75) is 0 Å². The van der Waals surface area contributed by atoms with Gasteiger partial charge in [0.2, 0.25) is 0 Å². The summed E-state index contributed by atoms with van der Waals surface area (Å²) < 4.78 is 0. The fraction of sp³-hybridized carbons (Fsp3) is 0. The van der Waals surface area contributed by atoms with Gasteiger partial charge < -0.3 is 12.3 Å². The minimum Gasteiger partial charge on any atom is -0.344 e. The van der Waals surface area contributed by atoms with Crippen molar-refractivity contribution in [2.75, 3.05) is 0 Å². The van der Waals surface area contributed by atoms with E-state index in [0.717, 1.165) is 0 Å². The Labute approximate surface area is 98.6 Å². The SMILES string of the molecule is N.N.[K+].c1ccccc1. The van der Waals surface area contributed by atoms with Crippen molar-refractivity contribution >= 4 is 0 Å². The zero-order valence-electron chi connectivity index (χ0n) is 5.88. The molecule has 0 aliphatic rings. The van der Waals surface area contributed by atoms with Crippen molar-refractivity contribution in [3.8, 4) is 0 Å². The summed E-state index contributed by atoms with van der Waals surface area (Å²) in [5.74, 6) is 0. The first kappa shape index (κ1) is 16.4. The van der Waals surface area contributed by atoms with Crippen LogP contribution in [0.15, 0.2) is 36.4 Å². The molecule has 1 aromatic carbocycles. The third-order valence-electron chi connectivity index (χ3n) is 0.667. The molecule has 0 saturated heterocycles. The molecule has 0 radical (unpaired) electrons. The van der Waals surface area contributed by atoms with Crippen molar-refractivity contribution in [2.24, 2.45) is 0 Å². The average Bonchev–Trinajstić information content (AvgIpc) is 1.72. The average molecular weight is 151 g/mol. The second-order valence-electron chi connectivity index (χ2n) is 1.15. The van der Waals surface area contributed by atoms with Gasteiger partial charge in [0, 0.05) is 0 Å². The molecule has 1 rings (SSSR count). The molecule has 46 valence electrons. The van der Waals surface area contributed by atoms with Gasteiger partial charge in [0.15, 0.2) is 0 Å². The van der Waals surface area contributed by atoms with Gasteiger partial charge in [-0.1, -0.05) is 36.4 Å². The van der Waals surface area contributed by atoms with Crippen LogP contribution in [0.2, 0.25) is 0 Å². The van der Waals surface area contributed by atoms with Gasteiger partial charge in [0.25, 0.3) is 0 Å². The summed E-state index contributed by atoms with van der Waals surface area (Å²) in [6.45, 7) is 0. The van der Waals surface area contributed by atoms with E-state index in [-0.39, 0.29) is 63.7 Å². The predicted molar refractivity (Wildman–Crippen MR) is 36.5 cm³/mol. The quantitative estimate of drug-likeness (QED) is 0.468. The Morgan fingerprint density at radius 2 is 0.556 bits per heavy atom. The molecule has 1 aromatic rings. The Kier molecular flexibility index (Phi) is 21.1. The maximum Gasteiger partial charge on any atom is 1.00 e. The Bertz CT molecular complexity index is 83.0. The van der Waals surface area contributed by atoms with Crippen LogP contribution in [0.3, 0.4) is 0 Å². The second-order valence-corrected chi connectivity index (χ2v) is 1.15. The van der Waals surface area contributed by atoms with Gasteiger partial charge in [-0.25, -0.2) is 0 Å². The zero-order chi connectivity index (χ0) is 4.24.